The van der Waals surface area contributed by atoms with E-state index in [0.717, 1.165) is 6.42 Å². The molecule has 0 unspecified atom stereocenters. The summed E-state index contributed by atoms with van der Waals surface area (Å²) < 4.78 is 26.9. The maximum absolute atomic E-state index is 12.3. The molecule has 0 bridgehead atoms. The zero-order valence-corrected chi connectivity index (χ0v) is 15.2. The Bertz CT molecular complexity index is 827. The number of carbonyl (C=O) groups is 1. The van der Waals surface area contributed by atoms with Crippen LogP contribution in [0.15, 0.2) is 23.7 Å². The SMILES string of the molecule is C[C@@H]1c2nc(C(=O)NCCc3cccs3)cn2CCN1S(C)(=O)=O. The van der Waals surface area contributed by atoms with E-state index in [0.29, 0.717) is 31.2 Å². The molecule has 1 N–H and O–H groups in total. The predicted octanol–water partition coefficient (Wildman–Crippen LogP) is 1.25. The Morgan fingerprint density at radius 1 is 1.46 bits per heavy atom. The fourth-order valence-corrected chi connectivity index (χ4v) is 4.67. The van der Waals surface area contributed by atoms with E-state index < -0.39 is 10.0 Å². The van der Waals surface area contributed by atoms with E-state index in [1.54, 1.807) is 24.5 Å². The van der Waals surface area contributed by atoms with Crippen molar-refractivity contribution in [3.8, 4) is 0 Å². The van der Waals surface area contributed by atoms with E-state index in [4.69, 9.17) is 0 Å². The minimum absolute atomic E-state index is 0.230. The highest BCUT2D eigenvalue weighted by Gasteiger charge is 2.32. The minimum atomic E-state index is -3.29. The molecule has 24 heavy (non-hydrogen) atoms. The van der Waals surface area contributed by atoms with Crippen molar-refractivity contribution in [3.05, 3.63) is 40.1 Å². The van der Waals surface area contributed by atoms with Gasteiger partial charge in [0.1, 0.15) is 11.5 Å². The van der Waals surface area contributed by atoms with Crippen LogP contribution in [0.1, 0.15) is 34.2 Å². The molecule has 0 aromatic carbocycles. The lowest BCUT2D eigenvalue weighted by atomic mass is 10.2. The molecule has 2 aromatic heterocycles. The van der Waals surface area contributed by atoms with Crippen molar-refractivity contribution in [3.63, 3.8) is 0 Å². The second kappa shape index (κ2) is 6.66. The molecule has 0 aliphatic carbocycles. The van der Waals surface area contributed by atoms with E-state index in [1.807, 2.05) is 22.1 Å². The van der Waals surface area contributed by atoms with Gasteiger partial charge in [0.2, 0.25) is 10.0 Å². The monoisotopic (exact) mass is 368 g/mol. The van der Waals surface area contributed by atoms with Crippen molar-refractivity contribution in [2.75, 3.05) is 19.3 Å². The third-order valence-corrected chi connectivity index (χ3v) is 6.36. The average Bonchev–Trinajstić information content (AvgIpc) is 3.15. The molecule has 0 saturated carbocycles. The van der Waals surface area contributed by atoms with Crippen molar-refractivity contribution in [2.45, 2.75) is 25.9 Å². The maximum atomic E-state index is 12.3. The summed E-state index contributed by atoms with van der Waals surface area (Å²) in [7, 11) is -3.29. The van der Waals surface area contributed by atoms with E-state index in [-0.39, 0.29) is 11.9 Å². The first kappa shape index (κ1) is 17.1. The number of aromatic nitrogens is 2. The molecule has 0 spiro atoms. The number of nitrogens with zero attached hydrogens (tertiary/aromatic N) is 3. The van der Waals surface area contributed by atoms with Gasteiger partial charge in [0.05, 0.1) is 12.3 Å². The van der Waals surface area contributed by atoms with Gasteiger partial charge in [-0.05, 0) is 24.8 Å². The zero-order valence-electron chi connectivity index (χ0n) is 13.6. The number of fused-ring (bicyclic) bond motifs is 1. The van der Waals surface area contributed by atoms with E-state index in [2.05, 4.69) is 10.3 Å². The normalized spacial score (nSPS) is 18.3. The first-order chi connectivity index (χ1) is 11.4. The summed E-state index contributed by atoms with van der Waals surface area (Å²) in [5.41, 5.74) is 0.332. The second-order valence-electron chi connectivity index (χ2n) is 5.81. The van der Waals surface area contributed by atoms with Gasteiger partial charge in [-0.25, -0.2) is 13.4 Å². The molecular weight excluding hydrogens is 348 g/mol. The molecule has 130 valence electrons. The van der Waals surface area contributed by atoms with Gasteiger partial charge in [-0.3, -0.25) is 4.79 Å². The molecule has 1 atom stereocenters. The summed E-state index contributed by atoms with van der Waals surface area (Å²) in [5, 5.41) is 4.87. The second-order valence-corrected chi connectivity index (χ2v) is 8.78. The Balaban J connectivity index is 1.67. The summed E-state index contributed by atoms with van der Waals surface area (Å²) in [6, 6.07) is 3.65. The van der Waals surface area contributed by atoms with Crippen LogP contribution in [-0.4, -0.2) is 47.5 Å². The van der Waals surface area contributed by atoms with Crippen LogP contribution in [0.25, 0.3) is 0 Å². The minimum Gasteiger partial charge on any atom is -0.350 e. The highest BCUT2D eigenvalue weighted by Crippen LogP contribution is 2.26. The highest BCUT2D eigenvalue weighted by molar-refractivity contribution is 7.88. The van der Waals surface area contributed by atoms with Gasteiger partial charge in [0.25, 0.3) is 5.91 Å². The number of carbonyl (C=O) groups excluding carboxylic acids is 1. The van der Waals surface area contributed by atoms with Crippen LogP contribution >= 0.6 is 11.3 Å². The van der Waals surface area contributed by atoms with Crippen LogP contribution in [0, 0.1) is 0 Å². The molecule has 3 heterocycles. The summed E-state index contributed by atoms with van der Waals surface area (Å²) in [6.07, 6.45) is 3.68. The van der Waals surface area contributed by atoms with Crippen LogP contribution in [0.2, 0.25) is 0 Å². The summed E-state index contributed by atoms with van der Waals surface area (Å²) in [6.45, 7) is 3.23. The Morgan fingerprint density at radius 2 is 2.25 bits per heavy atom. The number of rotatable bonds is 5. The van der Waals surface area contributed by atoms with Gasteiger partial charge in [-0.2, -0.15) is 4.31 Å². The van der Waals surface area contributed by atoms with Crippen LogP contribution < -0.4 is 5.32 Å². The standard InChI is InChI=1S/C15H20N4O3S2/c1-11-14-17-13(10-18(14)7-8-19(11)24(2,21)22)15(20)16-6-5-12-4-3-9-23-12/h3-4,9-11H,5-8H2,1-2H3,(H,16,20)/t11-/m1/s1. The molecule has 0 saturated heterocycles. The van der Waals surface area contributed by atoms with Gasteiger partial charge < -0.3 is 9.88 Å². The Labute approximate surface area is 145 Å². The van der Waals surface area contributed by atoms with Crippen LogP contribution in [0.3, 0.4) is 0 Å². The molecular formula is C15H20N4O3S2. The van der Waals surface area contributed by atoms with Crippen LogP contribution in [0.4, 0.5) is 0 Å². The first-order valence-electron chi connectivity index (χ1n) is 7.70. The number of hydrogen-bond donors (Lipinski definition) is 1. The van der Waals surface area contributed by atoms with Crippen molar-refractivity contribution >= 4 is 27.3 Å². The molecule has 1 aliphatic heterocycles. The largest absolute Gasteiger partial charge is 0.350 e. The Hall–Kier alpha value is -1.71. The number of sulfonamides is 1. The lowest BCUT2D eigenvalue weighted by molar-refractivity contribution is 0.0949. The van der Waals surface area contributed by atoms with Gasteiger partial charge in [0.15, 0.2) is 0 Å². The molecule has 1 amide bonds. The Kier molecular flexibility index (Phi) is 4.75. The number of thiophene rings is 1. The van der Waals surface area contributed by atoms with Crippen molar-refractivity contribution in [1.29, 1.82) is 0 Å². The van der Waals surface area contributed by atoms with Crippen molar-refractivity contribution in [2.24, 2.45) is 0 Å². The fraction of sp³-hybridized carbons (Fsp3) is 0.467. The zero-order chi connectivity index (χ0) is 17.3. The van der Waals surface area contributed by atoms with Crippen LogP contribution in [0.5, 0.6) is 0 Å². The maximum Gasteiger partial charge on any atom is 0.271 e. The third kappa shape index (κ3) is 3.52. The van der Waals surface area contributed by atoms with E-state index in [1.165, 1.54) is 15.4 Å². The highest BCUT2D eigenvalue weighted by atomic mass is 32.2. The molecule has 0 fully saturated rings. The van der Waals surface area contributed by atoms with Gasteiger partial charge in [-0.1, -0.05) is 6.07 Å². The average molecular weight is 368 g/mol. The van der Waals surface area contributed by atoms with E-state index >= 15 is 0 Å². The fourth-order valence-electron chi connectivity index (χ4n) is 2.88. The van der Waals surface area contributed by atoms with Gasteiger partial charge in [-0.15, -0.1) is 11.3 Å². The van der Waals surface area contributed by atoms with E-state index in [9.17, 15) is 13.2 Å². The van der Waals surface area contributed by atoms with Crippen LogP contribution in [-0.2, 0) is 23.0 Å². The molecule has 7 nitrogen and oxygen atoms in total. The van der Waals surface area contributed by atoms with Crippen molar-refractivity contribution < 1.29 is 13.2 Å². The molecule has 2 aromatic rings. The third-order valence-electron chi connectivity index (χ3n) is 4.07. The number of nitrogens with one attached hydrogen (secondary N) is 1. The lowest BCUT2D eigenvalue weighted by Crippen LogP contribution is -2.40. The topological polar surface area (TPSA) is 84.3 Å². The number of hydrogen-bond acceptors (Lipinski definition) is 5. The molecule has 1 aliphatic rings. The number of imidazole rings is 1. The molecule has 9 heteroatoms. The molecule has 0 radical (unpaired) electrons. The predicted molar refractivity (Wildman–Crippen MR) is 92.5 cm³/mol. The Morgan fingerprint density at radius 3 is 2.92 bits per heavy atom. The summed E-state index contributed by atoms with van der Waals surface area (Å²) in [4.78, 5) is 17.8. The first-order valence-corrected chi connectivity index (χ1v) is 10.4. The smallest absolute Gasteiger partial charge is 0.271 e. The molecule has 3 rings (SSSR count). The van der Waals surface area contributed by atoms with Gasteiger partial charge >= 0.3 is 0 Å². The quantitative estimate of drug-likeness (QED) is 0.861. The summed E-state index contributed by atoms with van der Waals surface area (Å²) >= 11 is 1.66. The van der Waals surface area contributed by atoms with Gasteiger partial charge in [0, 0.05) is 30.7 Å². The number of amides is 1. The van der Waals surface area contributed by atoms with Crippen molar-refractivity contribution in [1.82, 2.24) is 19.2 Å². The lowest BCUT2D eigenvalue weighted by Gasteiger charge is -2.31. The summed E-state index contributed by atoms with van der Waals surface area (Å²) in [5.74, 6) is 0.377.